The number of sulfone groups is 1. The van der Waals surface area contributed by atoms with Crippen molar-refractivity contribution in [1.82, 2.24) is 0 Å². The van der Waals surface area contributed by atoms with Gasteiger partial charge in [0.15, 0.2) is 0 Å². The number of ether oxygens (including phenoxy) is 1. The lowest BCUT2D eigenvalue weighted by molar-refractivity contribution is 0.404. The van der Waals surface area contributed by atoms with Gasteiger partial charge in [0.05, 0.1) is 12.9 Å². The molecule has 1 atom stereocenters. The molecule has 1 rings (SSSR count). The number of hydrogen-bond donors (Lipinski definition) is 1. The molecule has 0 fully saturated rings. The maximum atomic E-state index is 11.4. The molecule has 2 N–H and O–H groups in total. The highest BCUT2D eigenvalue weighted by atomic mass is 32.2. The van der Waals surface area contributed by atoms with Crippen molar-refractivity contribution in [3.8, 4) is 5.75 Å². The predicted molar refractivity (Wildman–Crippen MR) is 73.5 cm³/mol. The van der Waals surface area contributed by atoms with E-state index in [2.05, 4.69) is 0 Å². The number of methoxy groups -OCH3 is 1. The SMILES string of the molecule is CCS(=O)(=O)CCCC(N)c1ccccc1OC. The summed E-state index contributed by atoms with van der Waals surface area (Å²) in [5.74, 6) is 1.15. The Kier molecular flexibility index (Phi) is 5.62. The lowest BCUT2D eigenvalue weighted by Crippen LogP contribution is -2.15. The van der Waals surface area contributed by atoms with E-state index in [1.54, 1.807) is 14.0 Å². The minimum atomic E-state index is -2.90. The second kappa shape index (κ2) is 6.75. The lowest BCUT2D eigenvalue weighted by Gasteiger charge is -2.15. The zero-order valence-corrected chi connectivity index (χ0v) is 11.7. The number of benzene rings is 1. The normalized spacial score (nSPS) is 13.3. The third-order valence-corrected chi connectivity index (χ3v) is 4.74. The molecule has 0 radical (unpaired) electrons. The molecule has 4 nitrogen and oxygen atoms in total. The zero-order chi connectivity index (χ0) is 13.6. The van der Waals surface area contributed by atoms with Crippen LogP contribution in [0.1, 0.15) is 31.4 Å². The van der Waals surface area contributed by atoms with Crippen LogP contribution in [0, 0.1) is 0 Å². The Balaban J connectivity index is 2.58. The average molecular weight is 271 g/mol. The number of rotatable bonds is 7. The molecule has 0 aromatic heterocycles. The number of hydrogen-bond acceptors (Lipinski definition) is 4. The van der Waals surface area contributed by atoms with E-state index in [4.69, 9.17) is 10.5 Å². The van der Waals surface area contributed by atoms with Gasteiger partial charge in [0, 0.05) is 17.4 Å². The molecule has 0 saturated carbocycles. The quantitative estimate of drug-likeness (QED) is 0.822. The van der Waals surface area contributed by atoms with Gasteiger partial charge >= 0.3 is 0 Å². The first-order chi connectivity index (χ1) is 8.50. The Morgan fingerprint density at radius 1 is 1.33 bits per heavy atom. The van der Waals surface area contributed by atoms with Crippen molar-refractivity contribution in [3.63, 3.8) is 0 Å². The Morgan fingerprint density at radius 3 is 2.61 bits per heavy atom. The largest absolute Gasteiger partial charge is 0.496 e. The first kappa shape index (κ1) is 15.0. The van der Waals surface area contributed by atoms with E-state index in [-0.39, 0.29) is 17.5 Å². The van der Waals surface area contributed by atoms with Crippen LogP contribution >= 0.6 is 0 Å². The molecule has 0 bridgehead atoms. The smallest absolute Gasteiger partial charge is 0.150 e. The van der Waals surface area contributed by atoms with Crippen LogP contribution in [0.5, 0.6) is 5.75 Å². The van der Waals surface area contributed by atoms with Gasteiger partial charge in [-0.15, -0.1) is 0 Å². The fourth-order valence-corrected chi connectivity index (χ4v) is 2.69. The van der Waals surface area contributed by atoms with Crippen LogP contribution in [-0.4, -0.2) is 27.0 Å². The third kappa shape index (κ3) is 4.31. The molecule has 18 heavy (non-hydrogen) atoms. The highest BCUT2D eigenvalue weighted by Gasteiger charge is 2.13. The molecule has 0 aliphatic rings. The van der Waals surface area contributed by atoms with Gasteiger partial charge in [0.1, 0.15) is 15.6 Å². The van der Waals surface area contributed by atoms with E-state index in [9.17, 15) is 8.42 Å². The average Bonchev–Trinajstić information content (AvgIpc) is 2.38. The van der Waals surface area contributed by atoms with E-state index in [0.29, 0.717) is 12.8 Å². The summed E-state index contributed by atoms with van der Waals surface area (Å²) < 4.78 is 28.0. The molecule has 0 aliphatic heterocycles. The van der Waals surface area contributed by atoms with Crippen LogP contribution in [0.15, 0.2) is 24.3 Å². The molecule has 0 spiro atoms. The molecule has 102 valence electrons. The Morgan fingerprint density at radius 2 is 2.00 bits per heavy atom. The van der Waals surface area contributed by atoms with Crippen LogP contribution in [0.4, 0.5) is 0 Å². The van der Waals surface area contributed by atoms with Gasteiger partial charge in [-0.2, -0.15) is 0 Å². The topological polar surface area (TPSA) is 69.4 Å². The van der Waals surface area contributed by atoms with Crippen molar-refractivity contribution in [1.29, 1.82) is 0 Å². The van der Waals surface area contributed by atoms with Gasteiger partial charge in [-0.05, 0) is 18.9 Å². The van der Waals surface area contributed by atoms with Crippen LogP contribution in [-0.2, 0) is 9.84 Å². The minimum absolute atomic E-state index is 0.187. The third-order valence-electron chi connectivity index (χ3n) is 2.95. The summed E-state index contributed by atoms with van der Waals surface area (Å²) in [6.07, 6.45) is 1.22. The van der Waals surface area contributed by atoms with E-state index in [1.165, 1.54) is 0 Å². The monoisotopic (exact) mass is 271 g/mol. The molecule has 0 amide bonds. The summed E-state index contributed by atoms with van der Waals surface area (Å²) in [6.45, 7) is 1.66. The van der Waals surface area contributed by atoms with Crippen molar-refractivity contribution in [2.24, 2.45) is 5.73 Å². The molecule has 1 aromatic carbocycles. The zero-order valence-electron chi connectivity index (χ0n) is 10.9. The van der Waals surface area contributed by atoms with Crippen LogP contribution in [0.2, 0.25) is 0 Å². The van der Waals surface area contributed by atoms with Gasteiger partial charge in [-0.3, -0.25) is 0 Å². The molecule has 5 heteroatoms. The van der Waals surface area contributed by atoms with Gasteiger partial charge in [0.2, 0.25) is 0 Å². The van der Waals surface area contributed by atoms with Gasteiger partial charge in [-0.1, -0.05) is 25.1 Å². The van der Waals surface area contributed by atoms with Gasteiger partial charge < -0.3 is 10.5 Å². The van der Waals surface area contributed by atoms with Crippen molar-refractivity contribution in [2.75, 3.05) is 18.6 Å². The maximum absolute atomic E-state index is 11.4. The van der Waals surface area contributed by atoms with Crippen molar-refractivity contribution in [2.45, 2.75) is 25.8 Å². The molecule has 1 unspecified atom stereocenters. The van der Waals surface area contributed by atoms with Crippen LogP contribution in [0.3, 0.4) is 0 Å². The lowest BCUT2D eigenvalue weighted by atomic mass is 10.0. The summed E-state index contributed by atoms with van der Waals surface area (Å²) >= 11 is 0. The van der Waals surface area contributed by atoms with Gasteiger partial charge in [-0.25, -0.2) is 8.42 Å². The van der Waals surface area contributed by atoms with E-state index >= 15 is 0 Å². The summed E-state index contributed by atoms with van der Waals surface area (Å²) in [4.78, 5) is 0. The van der Waals surface area contributed by atoms with Gasteiger partial charge in [0.25, 0.3) is 0 Å². The van der Waals surface area contributed by atoms with E-state index < -0.39 is 9.84 Å². The van der Waals surface area contributed by atoms with Crippen molar-refractivity contribution >= 4 is 9.84 Å². The minimum Gasteiger partial charge on any atom is -0.496 e. The van der Waals surface area contributed by atoms with Crippen molar-refractivity contribution < 1.29 is 13.2 Å². The predicted octanol–water partition coefficient (Wildman–Crippen LogP) is 1.91. The fourth-order valence-electron chi connectivity index (χ4n) is 1.80. The molecule has 1 aromatic rings. The molecular weight excluding hydrogens is 250 g/mol. The molecular formula is C13H21NO3S. The summed E-state index contributed by atoms with van der Waals surface area (Å²) in [5.41, 5.74) is 6.99. The first-order valence-corrected chi connectivity index (χ1v) is 7.91. The molecule has 0 saturated heterocycles. The highest BCUT2D eigenvalue weighted by molar-refractivity contribution is 7.91. The highest BCUT2D eigenvalue weighted by Crippen LogP contribution is 2.26. The molecule has 0 aliphatic carbocycles. The summed E-state index contributed by atoms with van der Waals surface area (Å²) in [5, 5.41) is 0. The molecule has 0 heterocycles. The van der Waals surface area contributed by atoms with Crippen LogP contribution in [0.25, 0.3) is 0 Å². The summed E-state index contributed by atoms with van der Waals surface area (Å²) in [7, 11) is -1.30. The standard InChI is InChI=1S/C13H21NO3S/c1-3-18(15,16)10-6-8-12(14)11-7-4-5-9-13(11)17-2/h4-5,7,9,12H,3,6,8,10,14H2,1-2H3. The Bertz CT molecular complexity index is 471. The maximum Gasteiger partial charge on any atom is 0.150 e. The number of para-hydroxylation sites is 1. The fraction of sp³-hybridized carbons (Fsp3) is 0.538. The second-order valence-electron chi connectivity index (χ2n) is 4.23. The second-order valence-corrected chi connectivity index (χ2v) is 6.70. The number of nitrogens with two attached hydrogens (primary N) is 1. The van der Waals surface area contributed by atoms with E-state index in [0.717, 1.165) is 11.3 Å². The Hall–Kier alpha value is -1.07. The Labute approximate surface area is 109 Å². The first-order valence-electron chi connectivity index (χ1n) is 6.09. The van der Waals surface area contributed by atoms with Crippen LogP contribution < -0.4 is 10.5 Å². The van der Waals surface area contributed by atoms with Crippen molar-refractivity contribution in [3.05, 3.63) is 29.8 Å². The summed E-state index contributed by atoms with van der Waals surface area (Å²) in [6, 6.07) is 7.38. The van der Waals surface area contributed by atoms with E-state index in [1.807, 2.05) is 24.3 Å².